The van der Waals surface area contributed by atoms with Crippen LogP contribution < -0.4 is 10.2 Å². The van der Waals surface area contributed by atoms with Gasteiger partial charge in [-0.15, -0.1) is 0 Å². The van der Waals surface area contributed by atoms with E-state index in [1.165, 1.54) is 0 Å². The van der Waals surface area contributed by atoms with Crippen molar-refractivity contribution < 1.29 is 27.5 Å². The second kappa shape index (κ2) is 9.98. The van der Waals surface area contributed by atoms with E-state index in [0.29, 0.717) is 42.2 Å². The first-order valence-corrected chi connectivity index (χ1v) is 11.4. The molecule has 0 spiro atoms. The maximum atomic E-state index is 12.7. The molecule has 2 N–H and O–H groups in total. The normalized spacial score (nSPS) is 21.8. The third kappa shape index (κ3) is 5.84. The molecule has 1 aliphatic carbocycles. The average Bonchev–Trinajstić information content (AvgIpc) is 3.31. The van der Waals surface area contributed by atoms with E-state index in [2.05, 4.69) is 30.2 Å². The van der Waals surface area contributed by atoms with Crippen molar-refractivity contribution in [2.75, 3.05) is 23.3 Å². The van der Waals surface area contributed by atoms with Gasteiger partial charge in [-0.2, -0.15) is 23.3 Å². The highest BCUT2D eigenvalue weighted by Gasteiger charge is 2.45. The van der Waals surface area contributed by atoms with Crippen LogP contribution in [0.4, 0.5) is 30.8 Å². The standard InChI is InChI=1S/C22H27F3N6O3/c1-13-9-18(28-17-7-8-26-30-17)29-21(27-13)31-11-15(14-5-3-2-4-6-14)10-16(12-31)19(32)34-20(33)22(23,24)25/h7-9,14-16H,2-6,10-12H2,1H3,(H2,26,27,28,29,30). The van der Waals surface area contributed by atoms with Gasteiger partial charge in [0.1, 0.15) is 11.6 Å². The minimum Gasteiger partial charge on any atom is -0.386 e. The zero-order chi connectivity index (χ0) is 24.3. The first-order chi connectivity index (χ1) is 16.2. The van der Waals surface area contributed by atoms with Gasteiger partial charge in [0.05, 0.1) is 12.1 Å². The Kier molecular flexibility index (Phi) is 7.03. The number of ether oxygens (including phenoxy) is 1. The number of hydrogen-bond acceptors (Lipinski definition) is 8. The summed E-state index contributed by atoms with van der Waals surface area (Å²) in [5.74, 6) is -2.62. The van der Waals surface area contributed by atoms with Crippen molar-refractivity contribution >= 4 is 29.5 Å². The van der Waals surface area contributed by atoms with Gasteiger partial charge < -0.3 is 15.0 Å². The Morgan fingerprint density at radius 2 is 1.91 bits per heavy atom. The Bertz CT molecular complexity index is 1010. The van der Waals surface area contributed by atoms with Crippen molar-refractivity contribution in [1.29, 1.82) is 0 Å². The summed E-state index contributed by atoms with van der Waals surface area (Å²) in [5, 5.41) is 9.77. The van der Waals surface area contributed by atoms with Gasteiger partial charge in [-0.3, -0.25) is 9.89 Å². The van der Waals surface area contributed by atoms with Gasteiger partial charge in [0, 0.05) is 30.9 Å². The summed E-state index contributed by atoms with van der Waals surface area (Å²) < 4.78 is 42.2. The number of nitrogens with one attached hydrogen (secondary N) is 2. The Morgan fingerprint density at radius 1 is 1.15 bits per heavy atom. The van der Waals surface area contributed by atoms with Crippen molar-refractivity contribution in [3.63, 3.8) is 0 Å². The molecule has 4 rings (SSSR count). The SMILES string of the molecule is Cc1cc(Nc2ccn[nH]2)nc(N2CC(C(=O)OC(=O)C(F)(F)F)CC(C3CCCCC3)C2)n1. The van der Waals surface area contributed by atoms with Crippen LogP contribution in [-0.4, -0.2) is 51.4 Å². The fraction of sp³-hybridized carbons (Fsp3) is 0.591. The van der Waals surface area contributed by atoms with Crippen molar-refractivity contribution in [3.05, 3.63) is 24.0 Å². The van der Waals surface area contributed by atoms with Gasteiger partial charge in [0.2, 0.25) is 5.95 Å². The average molecular weight is 480 g/mol. The molecule has 2 aromatic heterocycles. The highest BCUT2D eigenvalue weighted by Crippen LogP contribution is 2.38. The molecular formula is C22H27F3N6O3. The third-order valence-electron chi connectivity index (χ3n) is 6.45. The van der Waals surface area contributed by atoms with Crippen molar-refractivity contribution in [3.8, 4) is 0 Å². The van der Waals surface area contributed by atoms with E-state index in [4.69, 9.17) is 0 Å². The molecule has 1 saturated carbocycles. The van der Waals surface area contributed by atoms with Crippen LogP contribution in [0.15, 0.2) is 18.3 Å². The number of esters is 2. The number of H-pyrrole nitrogens is 1. The molecule has 3 heterocycles. The molecule has 9 nitrogen and oxygen atoms in total. The number of aromatic nitrogens is 4. The number of alkyl halides is 3. The molecule has 0 amide bonds. The molecule has 2 unspecified atom stereocenters. The molecule has 0 radical (unpaired) electrons. The van der Waals surface area contributed by atoms with Crippen LogP contribution in [0.3, 0.4) is 0 Å². The fourth-order valence-corrected chi connectivity index (χ4v) is 4.87. The molecule has 2 atom stereocenters. The summed E-state index contributed by atoms with van der Waals surface area (Å²) in [6, 6.07) is 3.49. The maximum Gasteiger partial charge on any atom is 0.491 e. The molecule has 2 aliphatic rings. The van der Waals surface area contributed by atoms with Gasteiger partial charge in [-0.1, -0.05) is 32.1 Å². The molecular weight excluding hydrogens is 453 g/mol. The maximum absolute atomic E-state index is 12.7. The Morgan fingerprint density at radius 3 is 2.59 bits per heavy atom. The topological polar surface area (TPSA) is 113 Å². The first-order valence-electron chi connectivity index (χ1n) is 11.4. The largest absolute Gasteiger partial charge is 0.491 e. The van der Waals surface area contributed by atoms with Crippen LogP contribution in [0, 0.1) is 24.7 Å². The van der Waals surface area contributed by atoms with Gasteiger partial charge >= 0.3 is 18.1 Å². The summed E-state index contributed by atoms with van der Waals surface area (Å²) >= 11 is 0. The molecule has 1 aliphatic heterocycles. The van der Waals surface area contributed by atoms with E-state index >= 15 is 0 Å². The fourth-order valence-electron chi connectivity index (χ4n) is 4.87. The summed E-state index contributed by atoms with van der Waals surface area (Å²) in [7, 11) is 0. The number of hydrogen-bond donors (Lipinski definition) is 2. The number of rotatable bonds is 5. The summed E-state index contributed by atoms with van der Waals surface area (Å²) in [4.78, 5) is 34.7. The van der Waals surface area contributed by atoms with Gasteiger partial charge in [0.15, 0.2) is 0 Å². The Hall–Kier alpha value is -3.18. The number of aryl methyl sites for hydroxylation is 1. The number of piperidine rings is 1. The van der Waals surface area contributed by atoms with Gasteiger partial charge in [0.25, 0.3) is 0 Å². The van der Waals surface area contributed by atoms with Crippen molar-refractivity contribution in [1.82, 2.24) is 20.2 Å². The summed E-state index contributed by atoms with van der Waals surface area (Å²) in [6.07, 6.45) is 2.07. The Balaban J connectivity index is 1.57. The summed E-state index contributed by atoms with van der Waals surface area (Å²) in [5.41, 5.74) is 0.679. The van der Waals surface area contributed by atoms with Crippen LogP contribution in [0.5, 0.6) is 0 Å². The quantitative estimate of drug-likeness (QED) is 0.489. The van der Waals surface area contributed by atoms with E-state index in [1.807, 2.05) is 4.90 Å². The predicted molar refractivity (Wildman–Crippen MR) is 116 cm³/mol. The van der Waals surface area contributed by atoms with Crippen LogP contribution >= 0.6 is 0 Å². The predicted octanol–water partition coefficient (Wildman–Crippen LogP) is 3.91. The highest BCUT2D eigenvalue weighted by molar-refractivity contribution is 5.89. The van der Waals surface area contributed by atoms with E-state index < -0.39 is 24.0 Å². The molecule has 2 fully saturated rings. The van der Waals surface area contributed by atoms with Crippen molar-refractivity contribution in [2.45, 2.75) is 51.6 Å². The molecule has 0 bridgehead atoms. The van der Waals surface area contributed by atoms with Crippen LogP contribution in [0.2, 0.25) is 0 Å². The van der Waals surface area contributed by atoms with E-state index in [-0.39, 0.29) is 12.5 Å². The Labute approximate surface area is 194 Å². The second-order valence-electron chi connectivity index (χ2n) is 8.99. The number of aromatic amines is 1. The monoisotopic (exact) mass is 480 g/mol. The molecule has 0 aromatic carbocycles. The van der Waals surface area contributed by atoms with Crippen LogP contribution in [0.1, 0.15) is 44.2 Å². The van der Waals surface area contributed by atoms with E-state index in [1.54, 1.807) is 25.3 Å². The number of nitrogens with zero attached hydrogens (tertiary/aromatic N) is 4. The minimum absolute atomic E-state index is 0.0562. The third-order valence-corrected chi connectivity index (χ3v) is 6.45. The van der Waals surface area contributed by atoms with Crippen LogP contribution in [-0.2, 0) is 14.3 Å². The lowest BCUT2D eigenvalue weighted by molar-refractivity contribution is -0.203. The lowest BCUT2D eigenvalue weighted by Gasteiger charge is -2.41. The lowest BCUT2D eigenvalue weighted by Crippen LogP contribution is -2.47. The van der Waals surface area contributed by atoms with Gasteiger partial charge in [-0.05, 0) is 25.2 Å². The zero-order valence-electron chi connectivity index (χ0n) is 18.8. The molecule has 12 heteroatoms. The van der Waals surface area contributed by atoms with Gasteiger partial charge in [-0.25, -0.2) is 9.78 Å². The zero-order valence-corrected chi connectivity index (χ0v) is 18.8. The molecule has 1 saturated heterocycles. The van der Waals surface area contributed by atoms with E-state index in [0.717, 1.165) is 32.1 Å². The molecule has 184 valence electrons. The van der Waals surface area contributed by atoms with Crippen LogP contribution in [0.25, 0.3) is 0 Å². The molecule has 34 heavy (non-hydrogen) atoms. The summed E-state index contributed by atoms with van der Waals surface area (Å²) in [6.45, 7) is 2.45. The first kappa shape index (κ1) is 24.0. The van der Waals surface area contributed by atoms with E-state index in [9.17, 15) is 22.8 Å². The number of carbonyl (C=O) groups is 2. The highest BCUT2D eigenvalue weighted by atomic mass is 19.4. The minimum atomic E-state index is -5.22. The second-order valence-corrected chi connectivity index (χ2v) is 8.99. The molecule has 2 aromatic rings. The number of carbonyl (C=O) groups excluding carboxylic acids is 2. The number of anilines is 3. The number of halogens is 3. The lowest BCUT2D eigenvalue weighted by atomic mass is 9.74. The smallest absolute Gasteiger partial charge is 0.386 e. The van der Waals surface area contributed by atoms with Crippen molar-refractivity contribution in [2.24, 2.45) is 17.8 Å².